The molecule has 2 heterocycles. The molecule has 1 saturated heterocycles. The fourth-order valence-corrected chi connectivity index (χ4v) is 5.19. The lowest BCUT2D eigenvalue weighted by Crippen LogP contribution is -2.39. The van der Waals surface area contributed by atoms with Gasteiger partial charge in [0, 0.05) is 36.6 Å². The summed E-state index contributed by atoms with van der Waals surface area (Å²) in [6, 6.07) is 5.77. The number of H-pyrrole nitrogens is 1. The first-order valence-corrected chi connectivity index (χ1v) is 11.2. The van der Waals surface area contributed by atoms with Gasteiger partial charge in [-0.25, -0.2) is 8.42 Å². The lowest BCUT2D eigenvalue weighted by Gasteiger charge is -2.30. The van der Waals surface area contributed by atoms with E-state index in [0.29, 0.717) is 36.5 Å². The molecule has 7 nitrogen and oxygen atoms in total. The van der Waals surface area contributed by atoms with Crippen molar-refractivity contribution >= 4 is 26.8 Å². The molecule has 152 valence electrons. The van der Waals surface area contributed by atoms with E-state index in [1.165, 1.54) is 22.5 Å². The topological polar surface area (TPSA) is 99.3 Å². The number of pyridine rings is 1. The maximum atomic E-state index is 13.1. The smallest absolute Gasteiger partial charge is 0.252 e. The minimum absolute atomic E-state index is 0.142. The van der Waals surface area contributed by atoms with E-state index in [0.717, 1.165) is 25.7 Å². The van der Waals surface area contributed by atoms with Gasteiger partial charge in [0.15, 0.2) is 0 Å². The fraction of sp³-hybridized carbons (Fsp3) is 0.500. The van der Waals surface area contributed by atoms with Crippen LogP contribution in [0.1, 0.15) is 49.9 Å². The summed E-state index contributed by atoms with van der Waals surface area (Å²) in [7, 11) is -3.65. The molecule has 3 rings (SSSR count). The molecule has 1 amide bonds. The highest BCUT2D eigenvalue weighted by Crippen LogP contribution is 2.26. The van der Waals surface area contributed by atoms with Crippen LogP contribution in [-0.4, -0.2) is 43.2 Å². The number of benzene rings is 1. The molecule has 0 unspecified atom stereocenters. The first-order chi connectivity index (χ1) is 13.3. The van der Waals surface area contributed by atoms with Crippen LogP contribution in [0.5, 0.6) is 0 Å². The predicted molar refractivity (Wildman–Crippen MR) is 109 cm³/mol. The first-order valence-electron chi connectivity index (χ1n) is 9.78. The highest BCUT2D eigenvalue weighted by atomic mass is 32.2. The third-order valence-electron chi connectivity index (χ3n) is 5.13. The molecule has 8 heteroatoms. The third kappa shape index (κ3) is 4.28. The molecular weight excluding hydrogens is 378 g/mol. The third-order valence-corrected chi connectivity index (χ3v) is 6.99. The molecule has 2 N–H and O–H groups in total. The SMILES string of the molecule is CCCCNC(=O)c1cc(=O)[nH]c2ccc(S(=O)(=O)N3CCC[C@@H](C)C3)cc12. The number of unbranched alkanes of at least 4 members (excludes halogenated alkanes) is 1. The zero-order chi connectivity index (χ0) is 20.3. The maximum absolute atomic E-state index is 13.1. The number of piperidine rings is 1. The van der Waals surface area contributed by atoms with Crippen molar-refractivity contribution < 1.29 is 13.2 Å². The molecule has 1 atom stereocenters. The lowest BCUT2D eigenvalue weighted by molar-refractivity contribution is 0.0954. The largest absolute Gasteiger partial charge is 0.352 e. The zero-order valence-electron chi connectivity index (χ0n) is 16.3. The second-order valence-corrected chi connectivity index (χ2v) is 9.41. The number of nitrogens with zero attached hydrogens (tertiary/aromatic N) is 1. The van der Waals surface area contributed by atoms with Gasteiger partial charge >= 0.3 is 0 Å². The van der Waals surface area contributed by atoms with Crippen molar-refractivity contribution in [2.45, 2.75) is 44.4 Å². The van der Waals surface area contributed by atoms with E-state index in [1.807, 2.05) is 13.8 Å². The Bertz CT molecular complexity index is 1030. The summed E-state index contributed by atoms with van der Waals surface area (Å²) in [5.74, 6) is -0.0501. The van der Waals surface area contributed by atoms with Gasteiger partial charge in [-0.1, -0.05) is 20.3 Å². The number of rotatable bonds is 6. The van der Waals surface area contributed by atoms with Crippen LogP contribution in [0.15, 0.2) is 34.0 Å². The van der Waals surface area contributed by atoms with Gasteiger partial charge in [-0.05, 0) is 43.4 Å². The molecule has 1 fully saturated rings. The van der Waals surface area contributed by atoms with Crippen molar-refractivity contribution in [3.63, 3.8) is 0 Å². The van der Waals surface area contributed by atoms with Gasteiger partial charge in [-0.2, -0.15) is 4.31 Å². The van der Waals surface area contributed by atoms with E-state index in [4.69, 9.17) is 0 Å². The molecule has 1 aliphatic heterocycles. The standard InChI is InChI=1S/C20H27N3O4S/c1-3-4-9-21-20(25)17-12-19(24)22-18-8-7-15(11-16(17)18)28(26,27)23-10-5-6-14(2)13-23/h7-8,11-12,14H,3-6,9-10,13H2,1-2H3,(H,21,25)(H,22,24)/t14-/m1/s1. The Morgan fingerprint density at radius 3 is 2.82 bits per heavy atom. The number of fused-ring (bicyclic) bond motifs is 1. The molecule has 0 spiro atoms. The van der Waals surface area contributed by atoms with Crippen LogP contribution in [0.3, 0.4) is 0 Å². The molecular formula is C20H27N3O4S. The summed E-state index contributed by atoms with van der Waals surface area (Å²) < 4.78 is 27.7. The summed E-state index contributed by atoms with van der Waals surface area (Å²) in [5.41, 5.74) is 0.242. The predicted octanol–water partition coefficient (Wildman–Crippen LogP) is 2.48. The molecule has 0 radical (unpaired) electrons. The van der Waals surface area contributed by atoms with E-state index in [2.05, 4.69) is 10.3 Å². The molecule has 0 aliphatic carbocycles. The summed E-state index contributed by atoms with van der Waals surface area (Å²) in [6.07, 6.45) is 3.63. The number of amides is 1. The monoisotopic (exact) mass is 405 g/mol. The van der Waals surface area contributed by atoms with E-state index >= 15 is 0 Å². The Balaban J connectivity index is 2.02. The molecule has 1 aliphatic rings. The van der Waals surface area contributed by atoms with Crippen molar-refractivity contribution in [3.05, 3.63) is 40.2 Å². The second-order valence-electron chi connectivity index (χ2n) is 7.47. The van der Waals surface area contributed by atoms with Gasteiger partial charge in [0.1, 0.15) is 0 Å². The molecule has 0 saturated carbocycles. The molecule has 28 heavy (non-hydrogen) atoms. The van der Waals surface area contributed by atoms with Gasteiger partial charge in [0.05, 0.1) is 10.5 Å². The van der Waals surface area contributed by atoms with E-state index in [1.54, 1.807) is 6.07 Å². The summed E-state index contributed by atoms with van der Waals surface area (Å²) >= 11 is 0. The molecule has 1 aromatic heterocycles. The number of hydrogen-bond donors (Lipinski definition) is 2. The van der Waals surface area contributed by atoms with Crippen LogP contribution < -0.4 is 10.9 Å². The molecule has 2 aromatic rings. The number of aromatic amines is 1. The number of aromatic nitrogens is 1. The van der Waals surface area contributed by atoms with Gasteiger partial charge in [0.2, 0.25) is 15.6 Å². The minimum Gasteiger partial charge on any atom is -0.352 e. The van der Waals surface area contributed by atoms with E-state index in [9.17, 15) is 18.0 Å². The van der Waals surface area contributed by atoms with Crippen LogP contribution in [0.25, 0.3) is 10.9 Å². The first kappa shape index (κ1) is 20.5. The molecule has 0 bridgehead atoms. The quantitative estimate of drug-likeness (QED) is 0.721. The van der Waals surface area contributed by atoms with Gasteiger partial charge < -0.3 is 10.3 Å². The van der Waals surface area contributed by atoms with Crippen molar-refractivity contribution in [3.8, 4) is 0 Å². The van der Waals surface area contributed by atoms with Crippen molar-refractivity contribution in [1.82, 2.24) is 14.6 Å². The lowest BCUT2D eigenvalue weighted by atomic mass is 10.0. The van der Waals surface area contributed by atoms with Crippen LogP contribution in [0, 0.1) is 5.92 Å². The van der Waals surface area contributed by atoms with Gasteiger partial charge in [-0.15, -0.1) is 0 Å². The maximum Gasteiger partial charge on any atom is 0.252 e. The number of hydrogen-bond acceptors (Lipinski definition) is 4. The second kappa shape index (κ2) is 8.45. The number of sulfonamides is 1. The van der Waals surface area contributed by atoms with Crippen LogP contribution >= 0.6 is 0 Å². The van der Waals surface area contributed by atoms with Gasteiger partial charge in [0.25, 0.3) is 5.91 Å². The van der Waals surface area contributed by atoms with E-state index < -0.39 is 15.6 Å². The van der Waals surface area contributed by atoms with Crippen molar-refractivity contribution in [2.24, 2.45) is 5.92 Å². The number of nitrogens with one attached hydrogen (secondary N) is 2. The summed E-state index contributed by atoms with van der Waals surface area (Å²) in [6.45, 7) is 5.57. The average Bonchev–Trinajstić information content (AvgIpc) is 2.67. The highest BCUT2D eigenvalue weighted by molar-refractivity contribution is 7.89. The van der Waals surface area contributed by atoms with Crippen LogP contribution in [-0.2, 0) is 10.0 Å². The Morgan fingerprint density at radius 1 is 1.32 bits per heavy atom. The fourth-order valence-electron chi connectivity index (χ4n) is 3.57. The zero-order valence-corrected chi connectivity index (χ0v) is 17.1. The number of carbonyl (C=O) groups excluding carboxylic acids is 1. The Morgan fingerprint density at radius 2 is 2.11 bits per heavy atom. The van der Waals surface area contributed by atoms with Crippen LogP contribution in [0.4, 0.5) is 0 Å². The van der Waals surface area contributed by atoms with Crippen molar-refractivity contribution in [1.29, 1.82) is 0 Å². The Labute approximate surface area is 165 Å². The van der Waals surface area contributed by atoms with Crippen molar-refractivity contribution in [2.75, 3.05) is 19.6 Å². The Kier molecular flexibility index (Phi) is 6.20. The average molecular weight is 406 g/mol. The molecule has 1 aromatic carbocycles. The normalized spacial score (nSPS) is 18.3. The minimum atomic E-state index is -3.65. The Hall–Kier alpha value is -2.19. The van der Waals surface area contributed by atoms with E-state index in [-0.39, 0.29) is 16.4 Å². The number of carbonyl (C=O) groups is 1. The summed E-state index contributed by atoms with van der Waals surface area (Å²) in [4.78, 5) is 27.3. The highest BCUT2D eigenvalue weighted by Gasteiger charge is 2.29. The van der Waals surface area contributed by atoms with Crippen LogP contribution in [0.2, 0.25) is 0 Å². The summed E-state index contributed by atoms with van der Waals surface area (Å²) in [5, 5.41) is 3.23. The van der Waals surface area contributed by atoms with Gasteiger partial charge in [-0.3, -0.25) is 9.59 Å².